The average molecular weight is 445 g/mol. The molecule has 1 N–H and O–H groups in total. The van der Waals surface area contributed by atoms with Crippen LogP contribution < -0.4 is 5.32 Å². The number of aromatic nitrogens is 2. The second kappa shape index (κ2) is 9.17. The van der Waals surface area contributed by atoms with Crippen molar-refractivity contribution < 1.29 is 14.1 Å². The van der Waals surface area contributed by atoms with Gasteiger partial charge in [-0.15, -0.1) is 0 Å². The van der Waals surface area contributed by atoms with Crippen molar-refractivity contribution in [3.63, 3.8) is 0 Å². The van der Waals surface area contributed by atoms with Crippen LogP contribution in [-0.2, 0) is 9.59 Å². The molecule has 5 rings (SSSR count). The molecule has 3 aromatic rings. The van der Waals surface area contributed by atoms with E-state index in [0.717, 1.165) is 36.8 Å². The number of carbonyl (C=O) groups is 2. The Morgan fingerprint density at radius 1 is 1.06 bits per heavy atom. The molecule has 1 aromatic heterocycles. The predicted octanol–water partition coefficient (Wildman–Crippen LogP) is 4.83. The van der Waals surface area contributed by atoms with Crippen molar-refractivity contribution in [3.05, 3.63) is 54.1 Å². The van der Waals surface area contributed by atoms with Gasteiger partial charge in [-0.1, -0.05) is 66.4 Å². The first kappa shape index (κ1) is 21.4. The van der Waals surface area contributed by atoms with E-state index in [2.05, 4.69) is 15.5 Å². The summed E-state index contributed by atoms with van der Waals surface area (Å²) in [6, 6.07) is 15.6. The van der Waals surface area contributed by atoms with Gasteiger partial charge in [0.25, 0.3) is 5.89 Å². The van der Waals surface area contributed by atoms with Crippen LogP contribution in [-0.4, -0.2) is 39.4 Å². The van der Waals surface area contributed by atoms with E-state index >= 15 is 0 Å². The summed E-state index contributed by atoms with van der Waals surface area (Å²) in [4.78, 5) is 32.1. The van der Waals surface area contributed by atoms with Gasteiger partial charge in [0.15, 0.2) is 0 Å². The van der Waals surface area contributed by atoms with Crippen LogP contribution in [0.1, 0.15) is 44.1 Å². The zero-order valence-electron chi connectivity index (χ0n) is 18.8. The van der Waals surface area contributed by atoms with Crippen molar-refractivity contribution in [1.82, 2.24) is 15.0 Å². The number of anilines is 1. The van der Waals surface area contributed by atoms with Crippen molar-refractivity contribution in [2.24, 2.45) is 5.92 Å². The molecule has 7 heteroatoms. The molecule has 2 heterocycles. The molecule has 2 fully saturated rings. The highest BCUT2D eigenvalue weighted by Gasteiger charge is 2.38. The molecule has 0 unspecified atom stereocenters. The van der Waals surface area contributed by atoms with Gasteiger partial charge >= 0.3 is 0 Å². The normalized spacial score (nSPS) is 19.1. The Morgan fingerprint density at radius 2 is 1.82 bits per heavy atom. The lowest BCUT2D eigenvalue weighted by Gasteiger charge is -2.31. The van der Waals surface area contributed by atoms with Gasteiger partial charge in [0.1, 0.15) is 0 Å². The maximum absolute atomic E-state index is 13.1. The summed E-state index contributed by atoms with van der Waals surface area (Å²) in [6.07, 6.45) is 5.91. The number of para-hydroxylation sites is 1. The van der Waals surface area contributed by atoms with E-state index in [1.807, 2.05) is 60.4 Å². The molecular weight excluding hydrogens is 416 g/mol. The van der Waals surface area contributed by atoms with Crippen molar-refractivity contribution in [2.75, 3.05) is 11.9 Å². The molecule has 1 atom stereocenters. The van der Waals surface area contributed by atoms with Crippen molar-refractivity contribution >= 4 is 17.5 Å². The molecule has 1 saturated carbocycles. The van der Waals surface area contributed by atoms with Gasteiger partial charge in [-0.05, 0) is 31.9 Å². The summed E-state index contributed by atoms with van der Waals surface area (Å²) in [5.74, 6) is 0.434. The number of rotatable bonds is 5. The zero-order valence-corrected chi connectivity index (χ0v) is 18.8. The van der Waals surface area contributed by atoms with Crippen LogP contribution in [0.5, 0.6) is 0 Å². The van der Waals surface area contributed by atoms with Gasteiger partial charge in [-0.25, -0.2) is 0 Å². The third kappa shape index (κ3) is 4.53. The van der Waals surface area contributed by atoms with E-state index in [1.165, 1.54) is 6.42 Å². The maximum atomic E-state index is 13.1. The SMILES string of the molecule is Cc1ccc(-c2noc(-c3ccccc3NC(=O)[C@@H]3CC(=O)N(C4CCCCC4)C3)n2)cc1. The Kier molecular flexibility index (Phi) is 5.94. The van der Waals surface area contributed by atoms with E-state index in [0.29, 0.717) is 29.5 Å². The molecular formula is C26H28N4O3. The Hall–Kier alpha value is -3.48. The molecule has 2 aliphatic rings. The van der Waals surface area contributed by atoms with Crippen LogP contribution in [0.25, 0.3) is 22.8 Å². The average Bonchev–Trinajstić information content (AvgIpc) is 3.48. The Bertz CT molecular complexity index is 1150. The van der Waals surface area contributed by atoms with E-state index in [9.17, 15) is 9.59 Å². The number of nitrogens with one attached hydrogen (secondary N) is 1. The summed E-state index contributed by atoms with van der Waals surface area (Å²) < 4.78 is 5.52. The molecule has 0 spiro atoms. The smallest absolute Gasteiger partial charge is 0.260 e. The van der Waals surface area contributed by atoms with Crippen LogP contribution in [0.2, 0.25) is 0 Å². The van der Waals surface area contributed by atoms with Crippen LogP contribution in [0.3, 0.4) is 0 Å². The lowest BCUT2D eigenvalue weighted by molar-refractivity contribution is -0.130. The van der Waals surface area contributed by atoms with Crippen LogP contribution in [0.4, 0.5) is 5.69 Å². The molecule has 0 radical (unpaired) electrons. The van der Waals surface area contributed by atoms with Crippen molar-refractivity contribution in [1.29, 1.82) is 0 Å². The third-order valence-electron chi connectivity index (χ3n) is 6.70. The van der Waals surface area contributed by atoms with Crippen LogP contribution >= 0.6 is 0 Å². The summed E-state index contributed by atoms with van der Waals surface area (Å²) in [5.41, 5.74) is 3.28. The van der Waals surface area contributed by atoms with Crippen molar-refractivity contribution in [3.8, 4) is 22.8 Å². The number of aryl methyl sites for hydroxylation is 1. The largest absolute Gasteiger partial charge is 0.339 e. The lowest BCUT2D eigenvalue weighted by Crippen LogP contribution is -2.38. The molecule has 170 valence electrons. The van der Waals surface area contributed by atoms with Gasteiger partial charge in [0, 0.05) is 24.6 Å². The summed E-state index contributed by atoms with van der Waals surface area (Å²) in [7, 11) is 0. The van der Waals surface area contributed by atoms with Gasteiger partial charge in [-0.3, -0.25) is 9.59 Å². The molecule has 0 bridgehead atoms. The minimum Gasteiger partial charge on any atom is -0.339 e. The maximum Gasteiger partial charge on any atom is 0.260 e. The monoisotopic (exact) mass is 444 g/mol. The van der Waals surface area contributed by atoms with Gasteiger partial charge < -0.3 is 14.7 Å². The number of hydrogen-bond acceptors (Lipinski definition) is 5. The summed E-state index contributed by atoms with van der Waals surface area (Å²) in [5, 5.41) is 7.12. The minimum atomic E-state index is -0.349. The van der Waals surface area contributed by atoms with Gasteiger partial charge in [0.2, 0.25) is 17.6 Å². The number of nitrogens with zero attached hydrogens (tertiary/aromatic N) is 3. The number of benzene rings is 2. The zero-order chi connectivity index (χ0) is 22.8. The summed E-state index contributed by atoms with van der Waals surface area (Å²) >= 11 is 0. The van der Waals surface area contributed by atoms with Gasteiger partial charge in [0.05, 0.1) is 17.2 Å². The first-order valence-electron chi connectivity index (χ1n) is 11.7. The Labute approximate surface area is 193 Å². The highest BCUT2D eigenvalue weighted by molar-refractivity contribution is 5.99. The second-order valence-corrected chi connectivity index (χ2v) is 9.06. The Balaban J connectivity index is 1.31. The number of likely N-dealkylation sites (tertiary alicyclic amines) is 1. The van der Waals surface area contributed by atoms with Crippen LogP contribution in [0.15, 0.2) is 53.1 Å². The first-order valence-corrected chi connectivity index (χ1v) is 11.7. The highest BCUT2D eigenvalue weighted by Crippen LogP contribution is 2.32. The summed E-state index contributed by atoms with van der Waals surface area (Å²) in [6.45, 7) is 2.52. The van der Waals surface area contributed by atoms with Crippen LogP contribution in [0, 0.1) is 12.8 Å². The second-order valence-electron chi connectivity index (χ2n) is 9.06. The number of carbonyl (C=O) groups excluding carboxylic acids is 2. The Morgan fingerprint density at radius 3 is 2.61 bits per heavy atom. The lowest BCUT2D eigenvalue weighted by atomic mass is 9.94. The minimum absolute atomic E-state index is 0.0926. The van der Waals surface area contributed by atoms with E-state index in [-0.39, 0.29) is 30.2 Å². The fraction of sp³-hybridized carbons (Fsp3) is 0.385. The predicted molar refractivity (Wildman–Crippen MR) is 125 cm³/mol. The third-order valence-corrected chi connectivity index (χ3v) is 6.70. The standard InChI is InChI=1S/C26H28N4O3/c1-17-11-13-18(14-12-17)24-28-26(33-29-24)21-9-5-6-10-22(21)27-25(32)19-15-23(31)30(16-19)20-7-3-2-4-8-20/h5-6,9-14,19-20H,2-4,7-8,15-16H2,1H3,(H,27,32)/t19-/m1/s1. The quantitative estimate of drug-likeness (QED) is 0.609. The topological polar surface area (TPSA) is 88.3 Å². The molecule has 1 aliphatic carbocycles. The number of amides is 2. The molecule has 1 aliphatic heterocycles. The fourth-order valence-corrected chi connectivity index (χ4v) is 4.82. The molecule has 2 amide bonds. The van der Waals surface area contributed by atoms with E-state index < -0.39 is 0 Å². The number of hydrogen-bond donors (Lipinski definition) is 1. The molecule has 1 saturated heterocycles. The van der Waals surface area contributed by atoms with E-state index in [1.54, 1.807) is 0 Å². The van der Waals surface area contributed by atoms with Gasteiger partial charge in [-0.2, -0.15) is 4.98 Å². The highest BCUT2D eigenvalue weighted by atomic mass is 16.5. The molecule has 33 heavy (non-hydrogen) atoms. The van der Waals surface area contributed by atoms with E-state index in [4.69, 9.17) is 4.52 Å². The molecule has 2 aromatic carbocycles. The first-order chi connectivity index (χ1) is 16.1. The van der Waals surface area contributed by atoms with Crippen molar-refractivity contribution in [2.45, 2.75) is 51.5 Å². The molecule has 7 nitrogen and oxygen atoms in total. The fourth-order valence-electron chi connectivity index (χ4n) is 4.82.